The second-order valence-electron chi connectivity index (χ2n) is 7.32. The van der Waals surface area contributed by atoms with E-state index in [0.717, 1.165) is 25.9 Å². The number of hydrogen-bond donors (Lipinski definition) is 0. The van der Waals surface area contributed by atoms with Crippen LogP contribution in [0, 0.1) is 0 Å². The third-order valence-corrected chi connectivity index (χ3v) is 5.39. The van der Waals surface area contributed by atoms with E-state index in [2.05, 4.69) is 15.0 Å². The van der Waals surface area contributed by atoms with Crippen LogP contribution in [0.3, 0.4) is 0 Å². The molecule has 0 bridgehead atoms. The third-order valence-electron chi connectivity index (χ3n) is 5.39. The summed E-state index contributed by atoms with van der Waals surface area (Å²) in [7, 11) is 1.65. The molecule has 1 amide bonds. The van der Waals surface area contributed by atoms with E-state index in [9.17, 15) is 9.59 Å². The maximum atomic E-state index is 12.7. The fourth-order valence-electron chi connectivity index (χ4n) is 3.76. The van der Waals surface area contributed by atoms with Crippen LogP contribution in [0.25, 0.3) is 10.9 Å². The Labute approximate surface area is 166 Å². The van der Waals surface area contributed by atoms with Gasteiger partial charge in [0, 0.05) is 38.6 Å². The summed E-state index contributed by atoms with van der Waals surface area (Å²) in [6.07, 6.45) is 7.85. The zero-order valence-electron chi connectivity index (χ0n) is 16.0. The zero-order valence-corrected chi connectivity index (χ0v) is 16.0. The molecule has 2 aliphatic heterocycles. The van der Waals surface area contributed by atoms with Gasteiger partial charge in [-0.15, -0.1) is 0 Å². The smallest absolute Gasteiger partial charge is 0.262 e. The molecule has 1 fully saturated rings. The first-order valence-electron chi connectivity index (χ1n) is 9.63. The van der Waals surface area contributed by atoms with E-state index >= 15 is 0 Å². The molecule has 0 spiro atoms. The molecule has 0 aliphatic carbocycles. The lowest BCUT2D eigenvalue weighted by atomic mass is 10.1. The van der Waals surface area contributed by atoms with E-state index in [1.807, 2.05) is 4.90 Å². The number of pyridine rings is 2. The summed E-state index contributed by atoms with van der Waals surface area (Å²) in [5, 5.41) is 0.453. The molecule has 3 aromatic heterocycles. The molecule has 0 aromatic carbocycles. The van der Waals surface area contributed by atoms with Gasteiger partial charge < -0.3 is 14.2 Å². The Bertz CT molecular complexity index is 1170. The van der Waals surface area contributed by atoms with Crippen molar-refractivity contribution in [1.29, 1.82) is 0 Å². The Morgan fingerprint density at radius 1 is 1.07 bits per heavy atom. The average molecular weight is 392 g/mol. The van der Waals surface area contributed by atoms with Gasteiger partial charge in [0.25, 0.3) is 11.5 Å². The minimum Gasteiger partial charge on any atom is -0.469 e. The van der Waals surface area contributed by atoms with Crippen molar-refractivity contribution in [3.05, 3.63) is 46.8 Å². The SMILES string of the molecule is Cn1cnc2cc(N3COc4cc(C(=O)N5CCCCC5)cnc43)ncc2c1=O. The molecular formula is C20H20N6O3. The van der Waals surface area contributed by atoms with Crippen LogP contribution in [-0.2, 0) is 7.05 Å². The third kappa shape index (κ3) is 2.98. The summed E-state index contributed by atoms with van der Waals surface area (Å²) < 4.78 is 7.18. The van der Waals surface area contributed by atoms with Gasteiger partial charge in [0.15, 0.2) is 18.3 Å². The molecule has 148 valence electrons. The predicted octanol–water partition coefficient (Wildman–Crippen LogP) is 1.84. The summed E-state index contributed by atoms with van der Waals surface area (Å²) in [4.78, 5) is 41.7. The molecule has 3 aromatic rings. The number of aromatic nitrogens is 4. The Morgan fingerprint density at radius 3 is 2.72 bits per heavy atom. The fourth-order valence-corrected chi connectivity index (χ4v) is 3.76. The van der Waals surface area contributed by atoms with E-state index in [1.165, 1.54) is 23.5 Å². The molecule has 5 rings (SSSR count). The van der Waals surface area contributed by atoms with Crippen molar-refractivity contribution in [2.24, 2.45) is 7.05 Å². The predicted molar refractivity (Wildman–Crippen MR) is 106 cm³/mol. The summed E-state index contributed by atoms with van der Waals surface area (Å²) in [6, 6.07) is 3.48. The lowest BCUT2D eigenvalue weighted by molar-refractivity contribution is 0.0723. The standard InChI is InChI=1S/C20H20N6O3/c1-24-11-23-15-8-17(21-10-14(15)20(24)28)26-12-29-16-7-13(9-22-18(16)26)19(27)25-5-3-2-4-6-25/h7-11H,2-6,12H2,1H3. The summed E-state index contributed by atoms with van der Waals surface area (Å²) in [5.74, 6) is 1.72. The number of fused-ring (bicyclic) bond motifs is 2. The zero-order chi connectivity index (χ0) is 20.0. The van der Waals surface area contributed by atoms with Gasteiger partial charge >= 0.3 is 0 Å². The lowest BCUT2D eigenvalue weighted by Crippen LogP contribution is -2.35. The van der Waals surface area contributed by atoms with Gasteiger partial charge in [0.05, 0.1) is 22.8 Å². The summed E-state index contributed by atoms with van der Waals surface area (Å²) >= 11 is 0. The Hall–Kier alpha value is -3.49. The van der Waals surface area contributed by atoms with E-state index < -0.39 is 0 Å². The molecular weight excluding hydrogens is 372 g/mol. The van der Waals surface area contributed by atoms with Crippen molar-refractivity contribution in [2.45, 2.75) is 19.3 Å². The van der Waals surface area contributed by atoms with Gasteiger partial charge in [-0.25, -0.2) is 15.0 Å². The van der Waals surface area contributed by atoms with E-state index in [0.29, 0.717) is 33.9 Å². The van der Waals surface area contributed by atoms with Crippen LogP contribution in [0.4, 0.5) is 11.6 Å². The van der Waals surface area contributed by atoms with E-state index in [4.69, 9.17) is 4.74 Å². The van der Waals surface area contributed by atoms with Crippen LogP contribution in [-0.4, -0.2) is 50.1 Å². The summed E-state index contributed by atoms with van der Waals surface area (Å²) in [6.45, 7) is 1.81. The molecule has 9 nitrogen and oxygen atoms in total. The van der Waals surface area contributed by atoms with Gasteiger partial charge in [-0.1, -0.05) is 0 Å². The van der Waals surface area contributed by atoms with Crippen molar-refractivity contribution in [3.63, 3.8) is 0 Å². The van der Waals surface area contributed by atoms with Gasteiger partial charge in [0.2, 0.25) is 0 Å². The van der Waals surface area contributed by atoms with Crippen molar-refractivity contribution in [2.75, 3.05) is 24.7 Å². The first kappa shape index (κ1) is 17.6. The van der Waals surface area contributed by atoms with Crippen LogP contribution in [0.5, 0.6) is 5.75 Å². The fraction of sp³-hybridized carbons (Fsp3) is 0.350. The van der Waals surface area contributed by atoms with E-state index in [-0.39, 0.29) is 18.2 Å². The largest absolute Gasteiger partial charge is 0.469 e. The van der Waals surface area contributed by atoms with Crippen LogP contribution in [0.15, 0.2) is 35.6 Å². The molecule has 0 radical (unpaired) electrons. The van der Waals surface area contributed by atoms with Crippen molar-refractivity contribution >= 4 is 28.4 Å². The van der Waals surface area contributed by atoms with Crippen molar-refractivity contribution < 1.29 is 9.53 Å². The molecule has 29 heavy (non-hydrogen) atoms. The van der Waals surface area contributed by atoms with Crippen LogP contribution >= 0.6 is 0 Å². The monoisotopic (exact) mass is 392 g/mol. The number of rotatable bonds is 2. The number of nitrogens with zero attached hydrogens (tertiary/aromatic N) is 6. The first-order valence-corrected chi connectivity index (χ1v) is 9.63. The Balaban J connectivity index is 1.45. The quantitative estimate of drug-likeness (QED) is 0.657. The second-order valence-corrected chi connectivity index (χ2v) is 7.32. The number of ether oxygens (including phenoxy) is 1. The number of carbonyl (C=O) groups excluding carboxylic acids is 1. The van der Waals surface area contributed by atoms with Gasteiger partial charge in [-0.05, 0) is 25.3 Å². The molecule has 0 saturated carbocycles. The highest BCUT2D eigenvalue weighted by Gasteiger charge is 2.27. The number of carbonyl (C=O) groups is 1. The molecule has 0 unspecified atom stereocenters. The number of amides is 1. The molecule has 0 N–H and O–H groups in total. The van der Waals surface area contributed by atoms with Gasteiger partial charge in [-0.2, -0.15) is 0 Å². The van der Waals surface area contributed by atoms with Crippen LogP contribution < -0.4 is 15.2 Å². The van der Waals surface area contributed by atoms with Crippen LogP contribution in [0.1, 0.15) is 29.6 Å². The lowest BCUT2D eigenvalue weighted by Gasteiger charge is -2.26. The van der Waals surface area contributed by atoms with E-state index in [1.54, 1.807) is 30.3 Å². The first-order chi connectivity index (χ1) is 14.1. The molecule has 2 aliphatic rings. The van der Waals surface area contributed by atoms with Gasteiger partial charge in [-0.3, -0.25) is 14.5 Å². The number of piperidine rings is 1. The number of hydrogen-bond acceptors (Lipinski definition) is 7. The minimum absolute atomic E-state index is 0.00840. The molecule has 5 heterocycles. The number of anilines is 2. The molecule has 1 saturated heterocycles. The molecule has 9 heteroatoms. The highest BCUT2D eigenvalue weighted by Crippen LogP contribution is 2.37. The van der Waals surface area contributed by atoms with Crippen LogP contribution in [0.2, 0.25) is 0 Å². The highest BCUT2D eigenvalue weighted by atomic mass is 16.5. The van der Waals surface area contributed by atoms with Crippen molar-refractivity contribution in [3.8, 4) is 5.75 Å². The normalized spacial score (nSPS) is 16.0. The number of likely N-dealkylation sites (tertiary alicyclic amines) is 1. The topological polar surface area (TPSA) is 93.4 Å². The molecule has 0 atom stereocenters. The second kappa shape index (κ2) is 6.84. The van der Waals surface area contributed by atoms with Gasteiger partial charge in [0.1, 0.15) is 5.82 Å². The van der Waals surface area contributed by atoms with Crippen molar-refractivity contribution in [1.82, 2.24) is 24.4 Å². The minimum atomic E-state index is -0.147. The maximum Gasteiger partial charge on any atom is 0.262 e. The highest BCUT2D eigenvalue weighted by molar-refractivity contribution is 5.95. The Morgan fingerprint density at radius 2 is 1.90 bits per heavy atom. The summed E-state index contributed by atoms with van der Waals surface area (Å²) in [5.41, 5.74) is 0.943. The number of aryl methyl sites for hydroxylation is 1. The Kier molecular flexibility index (Phi) is 4.15. The maximum absolute atomic E-state index is 12.7. The average Bonchev–Trinajstić information content (AvgIpc) is 3.19.